The van der Waals surface area contributed by atoms with Crippen molar-refractivity contribution >= 4 is 11.8 Å². The van der Waals surface area contributed by atoms with Crippen LogP contribution >= 0.6 is 0 Å². The molecule has 1 aliphatic carbocycles. The highest BCUT2D eigenvalue weighted by molar-refractivity contribution is 5.84. The zero-order chi connectivity index (χ0) is 19.6. The zero-order valence-electron chi connectivity index (χ0n) is 17.3. The molecular formula is C23H36N2O3. The number of likely N-dealkylation sites (tertiary alicyclic amines) is 1. The first-order valence-electron chi connectivity index (χ1n) is 11.2. The van der Waals surface area contributed by atoms with E-state index in [2.05, 4.69) is 17.1 Å². The number of nitrogens with one attached hydrogen (secondary N) is 1. The van der Waals surface area contributed by atoms with Gasteiger partial charge in [0.2, 0.25) is 0 Å². The highest BCUT2D eigenvalue weighted by Gasteiger charge is 2.30. The molecule has 1 saturated heterocycles. The van der Waals surface area contributed by atoms with Crippen molar-refractivity contribution in [2.24, 2.45) is 5.92 Å². The maximum atomic E-state index is 12.4. The lowest BCUT2D eigenvalue weighted by Crippen LogP contribution is -2.38. The van der Waals surface area contributed by atoms with Gasteiger partial charge in [-0.1, -0.05) is 26.2 Å². The van der Waals surface area contributed by atoms with E-state index in [0.29, 0.717) is 5.92 Å². The molecule has 1 N–H and O–H groups in total. The monoisotopic (exact) mass is 388 g/mol. The van der Waals surface area contributed by atoms with Gasteiger partial charge in [0.05, 0.1) is 6.61 Å². The Morgan fingerprint density at radius 3 is 2.57 bits per heavy atom. The standard InChI is InChI=1S/C23H36N2O3/c1-2-3-8-17-27-21-13-11-20(12-14-21)24-23(26)28-22-10-5-4-9-19(22)18-25-15-6-7-16-25/h11-14,19,22H,2-10,15-18H2,1H3,(H,24,26). The van der Waals surface area contributed by atoms with Gasteiger partial charge in [0, 0.05) is 18.2 Å². The molecule has 0 spiro atoms. The molecule has 2 fully saturated rings. The van der Waals surface area contributed by atoms with Crippen LogP contribution in [-0.2, 0) is 4.74 Å². The summed E-state index contributed by atoms with van der Waals surface area (Å²) in [6.07, 6.45) is 10.3. The largest absolute Gasteiger partial charge is 0.494 e. The van der Waals surface area contributed by atoms with Crippen LogP contribution in [0.4, 0.5) is 10.5 Å². The Hall–Kier alpha value is -1.75. The summed E-state index contributed by atoms with van der Waals surface area (Å²) < 4.78 is 11.6. The number of rotatable bonds is 9. The fourth-order valence-electron chi connectivity index (χ4n) is 4.30. The van der Waals surface area contributed by atoms with Gasteiger partial charge in [0.1, 0.15) is 11.9 Å². The number of carbonyl (C=O) groups is 1. The van der Waals surface area contributed by atoms with Crippen LogP contribution in [0.15, 0.2) is 24.3 Å². The molecule has 1 aromatic rings. The molecule has 1 heterocycles. The second-order valence-corrected chi connectivity index (χ2v) is 8.20. The van der Waals surface area contributed by atoms with E-state index in [1.54, 1.807) is 0 Å². The summed E-state index contributed by atoms with van der Waals surface area (Å²) in [4.78, 5) is 14.9. The van der Waals surface area contributed by atoms with Gasteiger partial charge in [-0.3, -0.25) is 5.32 Å². The first kappa shape index (κ1) is 21.0. The average Bonchev–Trinajstić information content (AvgIpc) is 3.21. The van der Waals surface area contributed by atoms with Gasteiger partial charge in [-0.05, 0) is 75.9 Å². The van der Waals surface area contributed by atoms with Crippen molar-refractivity contribution < 1.29 is 14.3 Å². The number of benzene rings is 1. The third-order valence-corrected chi connectivity index (χ3v) is 5.91. The third kappa shape index (κ3) is 6.69. The van der Waals surface area contributed by atoms with Crippen molar-refractivity contribution in [3.05, 3.63) is 24.3 Å². The van der Waals surface area contributed by atoms with Crippen LogP contribution < -0.4 is 10.1 Å². The van der Waals surface area contributed by atoms with Crippen LogP contribution in [0, 0.1) is 5.92 Å². The van der Waals surface area contributed by atoms with Gasteiger partial charge in [-0.25, -0.2) is 4.79 Å². The summed E-state index contributed by atoms with van der Waals surface area (Å²) in [5.74, 6) is 1.31. The number of hydrogen-bond acceptors (Lipinski definition) is 4. The van der Waals surface area contributed by atoms with Crippen molar-refractivity contribution in [1.82, 2.24) is 4.90 Å². The summed E-state index contributed by atoms with van der Waals surface area (Å²) in [5, 5.41) is 2.88. The van der Waals surface area contributed by atoms with Gasteiger partial charge in [0.25, 0.3) is 0 Å². The fourth-order valence-corrected chi connectivity index (χ4v) is 4.30. The first-order chi connectivity index (χ1) is 13.7. The maximum absolute atomic E-state index is 12.4. The van der Waals surface area contributed by atoms with Crippen LogP contribution in [0.5, 0.6) is 5.75 Å². The average molecular weight is 389 g/mol. The molecule has 1 aliphatic heterocycles. The van der Waals surface area contributed by atoms with E-state index in [9.17, 15) is 4.79 Å². The van der Waals surface area contributed by atoms with Gasteiger partial charge in [-0.2, -0.15) is 0 Å². The third-order valence-electron chi connectivity index (χ3n) is 5.91. The minimum Gasteiger partial charge on any atom is -0.494 e. The van der Waals surface area contributed by atoms with Gasteiger partial charge < -0.3 is 14.4 Å². The molecule has 0 radical (unpaired) electrons. The molecule has 2 atom stereocenters. The van der Waals surface area contributed by atoms with E-state index in [-0.39, 0.29) is 12.2 Å². The van der Waals surface area contributed by atoms with Crippen molar-refractivity contribution in [2.45, 2.75) is 70.8 Å². The Kier molecular flexibility index (Phi) is 8.46. The summed E-state index contributed by atoms with van der Waals surface area (Å²) in [7, 11) is 0. The number of nitrogens with zero attached hydrogens (tertiary/aromatic N) is 1. The molecule has 2 unspecified atom stereocenters. The molecule has 1 saturated carbocycles. The normalized spacial score (nSPS) is 22.8. The predicted octanol–water partition coefficient (Wildman–Crippen LogP) is 5.46. The van der Waals surface area contributed by atoms with Crippen LogP contribution in [0.3, 0.4) is 0 Å². The van der Waals surface area contributed by atoms with E-state index >= 15 is 0 Å². The number of hydrogen-bond donors (Lipinski definition) is 1. The lowest BCUT2D eigenvalue weighted by molar-refractivity contribution is 0.0327. The smallest absolute Gasteiger partial charge is 0.411 e. The summed E-state index contributed by atoms with van der Waals surface area (Å²) in [6, 6.07) is 7.55. The quantitative estimate of drug-likeness (QED) is 0.571. The number of amides is 1. The van der Waals surface area contributed by atoms with E-state index < -0.39 is 0 Å². The first-order valence-corrected chi connectivity index (χ1v) is 11.2. The summed E-state index contributed by atoms with van der Waals surface area (Å²) in [5.41, 5.74) is 0.748. The molecule has 2 aliphatic rings. The molecule has 5 nitrogen and oxygen atoms in total. The molecule has 0 bridgehead atoms. The maximum Gasteiger partial charge on any atom is 0.411 e. The minimum atomic E-state index is -0.338. The lowest BCUT2D eigenvalue weighted by atomic mass is 9.86. The van der Waals surface area contributed by atoms with Gasteiger partial charge >= 0.3 is 6.09 Å². The van der Waals surface area contributed by atoms with Crippen LogP contribution in [-0.4, -0.2) is 43.3 Å². The Morgan fingerprint density at radius 1 is 1.07 bits per heavy atom. The van der Waals surface area contributed by atoms with E-state index in [0.717, 1.165) is 43.9 Å². The Balaban J connectivity index is 1.44. The van der Waals surface area contributed by atoms with Gasteiger partial charge in [0.15, 0.2) is 0 Å². The summed E-state index contributed by atoms with van der Waals surface area (Å²) in [6.45, 7) is 6.39. The summed E-state index contributed by atoms with van der Waals surface area (Å²) >= 11 is 0. The Labute approximate surface area is 169 Å². The van der Waals surface area contributed by atoms with Crippen molar-refractivity contribution in [3.8, 4) is 5.75 Å². The lowest BCUT2D eigenvalue weighted by Gasteiger charge is -2.33. The predicted molar refractivity (Wildman–Crippen MR) is 113 cm³/mol. The van der Waals surface area contributed by atoms with Crippen molar-refractivity contribution in [2.75, 3.05) is 31.6 Å². The van der Waals surface area contributed by atoms with Crippen LogP contribution in [0.1, 0.15) is 64.7 Å². The highest BCUT2D eigenvalue weighted by atomic mass is 16.6. The molecule has 28 heavy (non-hydrogen) atoms. The minimum absolute atomic E-state index is 0.0375. The van der Waals surface area contributed by atoms with Crippen LogP contribution in [0.25, 0.3) is 0 Å². The topological polar surface area (TPSA) is 50.8 Å². The second-order valence-electron chi connectivity index (χ2n) is 8.20. The van der Waals surface area contributed by atoms with Crippen molar-refractivity contribution in [1.29, 1.82) is 0 Å². The molecule has 3 rings (SSSR count). The molecular weight excluding hydrogens is 352 g/mol. The second kappa shape index (κ2) is 11.3. The van der Waals surface area contributed by atoms with E-state index in [1.165, 1.54) is 51.6 Å². The Bertz CT molecular complexity index is 584. The number of carbonyl (C=O) groups excluding carboxylic acids is 1. The van der Waals surface area contributed by atoms with Crippen molar-refractivity contribution in [3.63, 3.8) is 0 Å². The van der Waals surface area contributed by atoms with Crippen LogP contribution in [0.2, 0.25) is 0 Å². The molecule has 0 aromatic heterocycles. The molecule has 1 amide bonds. The fraction of sp³-hybridized carbons (Fsp3) is 0.696. The number of unbranched alkanes of at least 4 members (excludes halogenated alkanes) is 2. The van der Waals surface area contributed by atoms with E-state index in [1.807, 2.05) is 24.3 Å². The number of ether oxygens (including phenoxy) is 2. The zero-order valence-corrected chi connectivity index (χ0v) is 17.3. The molecule has 156 valence electrons. The molecule has 5 heteroatoms. The SMILES string of the molecule is CCCCCOc1ccc(NC(=O)OC2CCCCC2CN2CCCC2)cc1. The number of anilines is 1. The highest BCUT2D eigenvalue weighted by Crippen LogP contribution is 2.29. The molecule has 1 aromatic carbocycles. The van der Waals surface area contributed by atoms with Gasteiger partial charge in [-0.15, -0.1) is 0 Å². The Morgan fingerprint density at radius 2 is 1.82 bits per heavy atom. The van der Waals surface area contributed by atoms with E-state index in [4.69, 9.17) is 9.47 Å².